The molecule has 78 valence electrons. The van der Waals surface area contributed by atoms with Crippen molar-refractivity contribution in [1.82, 2.24) is 0 Å². The zero-order chi connectivity index (χ0) is 10.4. The van der Waals surface area contributed by atoms with Crippen LogP contribution in [0.5, 0.6) is 0 Å². The van der Waals surface area contributed by atoms with Crippen LogP contribution in [0.4, 0.5) is 0 Å². The molecule has 0 fully saturated rings. The first-order valence-electron chi connectivity index (χ1n) is 4.23. The predicted octanol–water partition coefficient (Wildman–Crippen LogP) is 1.68. The van der Waals surface area contributed by atoms with Crippen molar-refractivity contribution in [2.45, 2.75) is 13.0 Å². The van der Waals surface area contributed by atoms with Crippen molar-refractivity contribution >= 4 is 47.1 Å². The first kappa shape index (κ1) is 14.9. The van der Waals surface area contributed by atoms with Gasteiger partial charge in [0.25, 0.3) is 0 Å². The molecule has 15 heavy (non-hydrogen) atoms. The van der Waals surface area contributed by atoms with Gasteiger partial charge in [-0.15, -0.1) is 0 Å². The Labute approximate surface area is 116 Å². The molecular formula is C10H12ClNaO3. The van der Waals surface area contributed by atoms with Gasteiger partial charge in [-0.25, -0.2) is 0 Å². The molecule has 1 aromatic rings. The third-order valence-electron chi connectivity index (χ3n) is 1.68. The second-order valence-corrected chi connectivity index (χ2v) is 3.19. The van der Waals surface area contributed by atoms with Gasteiger partial charge in [-0.05, 0) is 11.6 Å². The van der Waals surface area contributed by atoms with Crippen molar-refractivity contribution in [1.29, 1.82) is 0 Å². The molecule has 0 aromatic heterocycles. The van der Waals surface area contributed by atoms with Crippen LogP contribution >= 0.6 is 11.6 Å². The van der Waals surface area contributed by atoms with E-state index in [-0.39, 0.29) is 42.6 Å². The fourth-order valence-electron chi connectivity index (χ4n) is 0.957. The van der Waals surface area contributed by atoms with Gasteiger partial charge < -0.3 is 9.84 Å². The molecule has 1 rings (SSSR count). The van der Waals surface area contributed by atoms with Crippen LogP contribution < -0.4 is 0 Å². The molecule has 0 aliphatic rings. The van der Waals surface area contributed by atoms with E-state index in [0.717, 1.165) is 5.56 Å². The van der Waals surface area contributed by atoms with Gasteiger partial charge in [-0.3, -0.25) is 4.79 Å². The molecule has 0 aliphatic heterocycles. The molecule has 0 spiro atoms. The van der Waals surface area contributed by atoms with Crippen LogP contribution in [0.3, 0.4) is 0 Å². The summed E-state index contributed by atoms with van der Waals surface area (Å²) in [6, 6.07) is 7.32. The Morgan fingerprint density at radius 3 is 2.67 bits per heavy atom. The molecule has 0 atom stereocenters. The Morgan fingerprint density at radius 2 is 2.07 bits per heavy atom. The molecule has 0 bridgehead atoms. The average molecular weight is 239 g/mol. The van der Waals surface area contributed by atoms with Crippen molar-refractivity contribution < 1.29 is 14.6 Å². The number of hydrogen-bond donors (Lipinski definition) is 1. The zero-order valence-electron chi connectivity index (χ0n) is 7.57. The SMILES string of the molecule is O=C(O)CCOCc1ccccc1Cl.[NaH]. The molecule has 1 N–H and O–H groups in total. The number of carbonyl (C=O) groups is 1. The predicted molar refractivity (Wildman–Crippen MR) is 60.5 cm³/mol. The molecular weight excluding hydrogens is 227 g/mol. The van der Waals surface area contributed by atoms with E-state index in [1.165, 1.54) is 0 Å². The summed E-state index contributed by atoms with van der Waals surface area (Å²) >= 11 is 5.87. The Kier molecular flexibility index (Phi) is 8.10. The number of aliphatic carboxylic acids is 1. The maximum absolute atomic E-state index is 10.2. The van der Waals surface area contributed by atoms with Crippen LogP contribution in [-0.4, -0.2) is 47.2 Å². The second kappa shape index (κ2) is 8.13. The van der Waals surface area contributed by atoms with Crippen molar-refractivity contribution in [3.63, 3.8) is 0 Å². The standard InChI is InChI=1S/C10H11ClO3.Na.H/c11-9-4-2-1-3-8(9)7-14-6-5-10(12)13;;/h1-4H,5-7H2,(H,12,13);;. The Morgan fingerprint density at radius 1 is 1.40 bits per heavy atom. The van der Waals surface area contributed by atoms with Gasteiger partial charge in [-0.2, -0.15) is 0 Å². The number of carboxylic acids is 1. The third-order valence-corrected chi connectivity index (χ3v) is 2.04. The summed E-state index contributed by atoms with van der Waals surface area (Å²) in [5.41, 5.74) is 0.875. The molecule has 0 amide bonds. The summed E-state index contributed by atoms with van der Waals surface area (Å²) < 4.78 is 5.15. The van der Waals surface area contributed by atoms with Crippen molar-refractivity contribution in [2.75, 3.05) is 6.61 Å². The fraction of sp³-hybridized carbons (Fsp3) is 0.300. The molecule has 3 nitrogen and oxygen atoms in total. The summed E-state index contributed by atoms with van der Waals surface area (Å²) in [5.74, 6) is -0.857. The second-order valence-electron chi connectivity index (χ2n) is 2.79. The Hall–Kier alpha value is -0.0600. The van der Waals surface area contributed by atoms with Crippen molar-refractivity contribution in [2.24, 2.45) is 0 Å². The van der Waals surface area contributed by atoms with Crippen LogP contribution in [0, 0.1) is 0 Å². The monoisotopic (exact) mass is 238 g/mol. The van der Waals surface area contributed by atoms with Gasteiger partial charge in [0.05, 0.1) is 19.6 Å². The summed E-state index contributed by atoms with van der Waals surface area (Å²) in [4.78, 5) is 10.2. The topological polar surface area (TPSA) is 46.5 Å². The number of halogens is 1. The van der Waals surface area contributed by atoms with Crippen LogP contribution in [0.2, 0.25) is 5.02 Å². The minimum absolute atomic E-state index is 0. The quantitative estimate of drug-likeness (QED) is 0.627. The molecule has 1 aromatic carbocycles. The van der Waals surface area contributed by atoms with Crippen LogP contribution in [-0.2, 0) is 16.1 Å². The molecule has 0 aliphatic carbocycles. The minimum atomic E-state index is -0.857. The van der Waals surface area contributed by atoms with E-state index in [9.17, 15) is 4.79 Å². The van der Waals surface area contributed by atoms with E-state index in [0.29, 0.717) is 11.6 Å². The molecule has 0 unspecified atom stereocenters. The summed E-state index contributed by atoms with van der Waals surface area (Å²) in [6.45, 7) is 0.563. The van der Waals surface area contributed by atoms with E-state index >= 15 is 0 Å². The van der Waals surface area contributed by atoms with Crippen LogP contribution in [0.1, 0.15) is 12.0 Å². The molecule has 0 saturated carbocycles. The Balaban J connectivity index is 0.00000196. The van der Waals surface area contributed by atoms with Gasteiger partial charge in [-0.1, -0.05) is 29.8 Å². The van der Waals surface area contributed by atoms with Gasteiger partial charge in [0.2, 0.25) is 0 Å². The molecule has 0 radical (unpaired) electrons. The van der Waals surface area contributed by atoms with Gasteiger partial charge in [0.1, 0.15) is 0 Å². The summed E-state index contributed by atoms with van der Waals surface area (Å²) in [5, 5.41) is 9.00. The number of ether oxygens (including phenoxy) is 1. The summed E-state index contributed by atoms with van der Waals surface area (Å²) in [6.07, 6.45) is 0.0183. The van der Waals surface area contributed by atoms with Crippen LogP contribution in [0.25, 0.3) is 0 Å². The molecule has 5 heteroatoms. The first-order chi connectivity index (χ1) is 6.70. The van der Waals surface area contributed by atoms with E-state index in [2.05, 4.69) is 0 Å². The van der Waals surface area contributed by atoms with Gasteiger partial charge in [0.15, 0.2) is 0 Å². The van der Waals surface area contributed by atoms with Crippen molar-refractivity contribution in [3.05, 3.63) is 34.9 Å². The van der Waals surface area contributed by atoms with Crippen molar-refractivity contribution in [3.8, 4) is 0 Å². The van der Waals surface area contributed by atoms with Crippen LogP contribution in [0.15, 0.2) is 24.3 Å². The summed E-state index contributed by atoms with van der Waals surface area (Å²) in [7, 11) is 0. The normalized spacial score (nSPS) is 9.40. The van der Waals surface area contributed by atoms with E-state index in [4.69, 9.17) is 21.4 Å². The average Bonchev–Trinajstić information content (AvgIpc) is 2.15. The molecule has 0 heterocycles. The van der Waals surface area contributed by atoms with E-state index < -0.39 is 5.97 Å². The number of hydrogen-bond acceptors (Lipinski definition) is 2. The number of rotatable bonds is 5. The maximum atomic E-state index is 10.2. The third kappa shape index (κ3) is 6.17. The van der Waals surface area contributed by atoms with E-state index in [1.54, 1.807) is 6.07 Å². The van der Waals surface area contributed by atoms with Gasteiger partial charge >= 0.3 is 35.5 Å². The first-order valence-corrected chi connectivity index (χ1v) is 4.61. The molecule has 0 saturated heterocycles. The number of benzene rings is 1. The fourth-order valence-corrected chi connectivity index (χ4v) is 1.15. The van der Waals surface area contributed by atoms with Gasteiger partial charge in [0, 0.05) is 5.02 Å². The Bertz CT molecular complexity index is 317. The zero-order valence-corrected chi connectivity index (χ0v) is 8.33. The van der Waals surface area contributed by atoms with E-state index in [1.807, 2.05) is 18.2 Å². The number of carboxylic acid groups (broad SMARTS) is 1.